The number of hydrogen-bond donors (Lipinski definition) is 0. The molecular weight excluding hydrogens is 248 g/mol. The fourth-order valence-electron chi connectivity index (χ4n) is 1.18. The Hall–Kier alpha value is -1.10. The van der Waals surface area contributed by atoms with Gasteiger partial charge >= 0.3 is 6.18 Å². The van der Waals surface area contributed by atoms with Crippen molar-refractivity contribution in [2.75, 3.05) is 0 Å². The molecule has 0 aromatic heterocycles. The number of rotatable bonds is 3. The Morgan fingerprint density at radius 2 is 1.94 bits per heavy atom. The van der Waals surface area contributed by atoms with E-state index < -0.39 is 30.6 Å². The van der Waals surface area contributed by atoms with E-state index in [0.717, 1.165) is 12.1 Å². The summed E-state index contributed by atoms with van der Waals surface area (Å²) in [6.45, 7) is 0. The molecule has 0 radical (unpaired) electrons. The Balaban J connectivity index is 2.73. The molecule has 0 bridgehead atoms. The smallest absolute Gasteiger partial charge is 0.299 e. The first-order chi connectivity index (χ1) is 7.28. The van der Waals surface area contributed by atoms with Crippen molar-refractivity contribution in [2.45, 2.75) is 19.0 Å². The first kappa shape index (κ1) is 13.0. The molecular formula is C10H7ClF4O. The molecule has 0 heterocycles. The summed E-state index contributed by atoms with van der Waals surface area (Å²) in [6, 6.07) is 3.42. The predicted molar refractivity (Wildman–Crippen MR) is 50.8 cm³/mol. The number of halogens is 5. The highest BCUT2D eigenvalue weighted by Crippen LogP contribution is 2.22. The lowest BCUT2D eigenvalue weighted by atomic mass is 10.1. The van der Waals surface area contributed by atoms with Crippen molar-refractivity contribution in [1.29, 1.82) is 0 Å². The maximum atomic E-state index is 13.1. The van der Waals surface area contributed by atoms with Crippen LogP contribution in [0.3, 0.4) is 0 Å². The normalized spacial score (nSPS) is 11.6. The Kier molecular flexibility index (Phi) is 3.91. The van der Waals surface area contributed by atoms with Crippen LogP contribution in [0.2, 0.25) is 5.02 Å². The van der Waals surface area contributed by atoms with Crippen LogP contribution in [0.5, 0.6) is 0 Å². The highest BCUT2D eigenvalue weighted by Gasteiger charge is 2.31. The molecule has 1 aromatic rings. The standard InChI is InChI=1S/C10H7ClF4O/c11-7-1-2-9(12)6(3-7)4-8(16)5-10(13,14)15/h1-3H,4-5H2. The molecule has 88 valence electrons. The third-order valence-corrected chi connectivity index (χ3v) is 2.03. The van der Waals surface area contributed by atoms with Gasteiger partial charge in [-0.1, -0.05) is 11.6 Å². The van der Waals surface area contributed by atoms with Gasteiger partial charge in [-0.05, 0) is 23.8 Å². The van der Waals surface area contributed by atoms with E-state index in [1.165, 1.54) is 6.07 Å². The monoisotopic (exact) mass is 254 g/mol. The fraction of sp³-hybridized carbons (Fsp3) is 0.300. The first-order valence-electron chi connectivity index (χ1n) is 4.30. The summed E-state index contributed by atoms with van der Waals surface area (Å²) in [4.78, 5) is 11.0. The lowest BCUT2D eigenvalue weighted by Gasteiger charge is -2.06. The van der Waals surface area contributed by atoms with Crippen molar-refractivity contribution < 1.29 is 22.4 Å². The van der Waals surface area contributed by atoms with E-state index in [-0.39, 0.29) is 10.6 Å². The largest absolute Gasteiger partial charge is 0.395 e. The second kappa shape index (κ2) is 4.82. The van der Waals surface area contributed by atoms with E-state index in [0.29, 0.717) is 0 Å². The topological polar surface area (TPSA) is 17.1 Å². The van der Waals surface area contributed by atoms with E-state index in [1.807, 2.05) is 0 Å². The molecule has 0 aliphatic carbocycles. The number of benzene rings is 1. The lowest BCUT2D eigenvalue weighted by molar-refractivity contribution is -0.151. The van der Waals surface area contributed by atoms with Gasteiger partial charge in [0.1, 0.15) is 18.0 Å². The van der Waals surface area contributed by atoms with Crippen molar-refractivity contribution in [1.82, 2.24) is 0 Å². The third-order valence-electron chi connectivity index (χ3n) is 1.79. The zero-order chi connectivity index (χ0) is 12.3. The van der Waals surface area contributed by atoms with Gasteiger partial charge < -0.3 is 0 Å². The summed E-state index contributed by atoms with van der Waals surface area (Å²) in [5, 5.41) is 0.177. The van der Waals surface area contributed by atoms with E-state index in [9.17, 15) is 22.4 Å². The average Bonchev–Trinajstić information content (AvgIpc) is 2.08. The van der Waals surface area contributed by atoms with Crippen LogP contribution in [0.1, 0.15) is 12.0 Å². The summed E-state index contributed by atoms with van der Waals surface area (Å²) in [5.74, 6) is -1.83. The molecule has 1 aromatic carbocycles. The van der Waals surface area contributed by atoms with Gasteiger partial charge in [0, 0.05) is 11.4 Å². The van der Waals surface area contributed by atoms with E-state index in [1.54, 1.807) is 0 Å². The van der Waals surface area contributed by atoms with Gasteiger partial charge in [-0.3, -0.25) is 4.79 Å². The Morgan fingerprint density at radius 1 is 1.31 bits per heavy atom. The van der Waals surface area contributed by atoms with Crippen LogP contribution in [-0.4, -0.2) is 12.0 Å². The van der Waals surface area contributed by atoms with Gasteiger partial charge in [0.2, 0.25) is 0 Å². The van der Waals surface area contributed by atoms with Gasteiger partial charge in [-0.2, -0.15) is 13.2 Å². The fourth-order valence-corrected chi connectivity index (χ4v) is 1.37. The van der Waals surface area contributed by atoms with Crippen LogP contribution >= 0.6 is 11.6 Å². The van der Waals surface area contributed by atoms with Crippen LogP contribution in [0.25, 0.3) is 0 Å². The minimum atomic E-state index is -4.56. The van der Waals surface area contributed by atoms with Crippen LogP contribution in [0.4, 0.5) is 17.6 Å². The molecule has 0 aliphatic heterocycles. The molecule has 0 aliphatic rings. The third kappa shape index (κ3) is 4.18. The van der Waals surface area contributed by atoms with Gasteiger partial charge in [0.05, 0.1) is 0 Å². The molecule has 0 unspecified atom stereocenters. The van der Waals surface area contributed by atoms with Crippen molar-refractivity contribution in [2.24, 2.45) is 0 Å². The van der Waals surface area contributed by atoms with Crippen LogP contribution < -0.4 is 0 Å². The molecule has 0 N–H and O–H groups in total. The molecule has 1 nitrogen and oxygen atoms in total. The second-order valence-corrected chi connectivity index (χ2v) is 3.68. The molecule has 16 heavy (non-hydrogen) atoms. The highest BCUT2D eigenvalue weighted by molar-refractivity contribution is 6.30. The molecule has 0 atom stereocenters. The van der Waals surface area contributed by atoms with Gasteiger partial charge in [0.15, 0.2) is 0 Å². The quantitative estimate of drug-likeness (QED) is 0.754. The highest BCUT2D eigenvalue weighted by atomic mass is 35.5. The minimum Gasteiger partial charge on any atom is -0.299 e. The molecule has 0 amide bonds. The summed E-state index contributed by atoms with van der Waals surface area (Å²) >= 11 is 5.53. The summed E-state index contributed by atoms with van der Waals surface area (Å²) < 4.78 is 48.6. The number of Topliss-reactive ketones (excluding diaryl/α,β-unsaturated/α-hetero) is 1. The number of ketones is 1. The second-order valence-electron chi connectivity index (χ2n) is 3.24. The summed E-state index contributed by atoms with van der Waals surface area (Å²) in [7, 11) is 0. The van der Waals surface area contributed by atoms with E-state index in [4.69, 9.17) is 11.6 Å². The number of alkyl halides is 3. The minimum absolute atomic E-state index is 0.123. The molecule has 1 rings (SSSR count). The van der Waals surface area contributed by atoms with Gasteiger partial charge in [-0.15, -0.1) is 0 Å². The summed E-state index contributed by atoms with van der Waals surface area (Å²) in [6.07, 6.45) is -6.73. The maximum Gasteiger partial charge on any atom is 0.395 e. The number of carbonyl (C=O) groups is 1. The maximum absolute atomic E-state index is 13.1. The molecule has 0 saturated carbocycles. The zero-order valence-electron chi connectivity index (χ0n) is 7.94. The molecule has 0 saturated heterocycles. The van der Waals surface area contributed by atoms with Gasteiger partial charge in [-0.25, -0.2) is 4.39 Å². The Bertz CT molecular complexity index is 400. The van der Waals surface area contributed by atoms with Crippen molar-refractivity contribution in [3.8, 4) is 0 Å². The predicted octanol–water partition coefficient (Wildman–Crippen LogP) is 3.54. The Morgan fingerprint density at radius 3 is 2.50 bits per heavy atom. The van der Waals surface area contributed by atoms with Crippen LogP contribution in [0.15, 0.2) is 18.2 Å². The van der Waals surface area contributed by atoms with Gasteiger partial charge in [0.25, 0.3) is 0 Å². The zero-order valence-corrected chi connectivity index (χ0v) is 8.70. The van der Waals surface area contributed by atoms with Crippen LogP contribution in [-0.2, 0) is 11.2 Å². The molecule has 0 fully saturated rings. The lowest BCUT2D eigenvalue weighted by Crippen LogP contribution is -2.16. The van der Waals surface area contributed by atoms with Crippen molar-refractivity contribution in [3.63, 3.8) is 0 Å². The van der Waals surface area contributed by atoms with E-state index >= 15 is 0 Å². The molecule has 6 heteroatoms. The van der Waals surface area contributed by atoms with Crippen molar-refractivity contribution in [3.05, 3.63) is 34.6 Å². The Labute approximate surface area is 94.0 Å². The summed E-state index contributed by atoms with van der Waals surface area (Å²) in [5.41, 5.74) is -0.123. The SMILES string of the molecule is O=C(Cc1cc(Cl)ccc1F)CC(F)(F)F. The van der Waals surface area contributed by atoms with Crippen LogP contribution in [0, 0.1) is 5.82 Å². The number of hydrogen-bond acceptors (Lipinski definition) is 1. The first-order valence-corrected chi connectivity index (χ1v) is 4.68. The van der Waals surface area contributed by atoms with E-state index in [2.05, 4.69) is 0 Å². The average molecular weight is 255 g/mol. The van der Waals surface area contributed by atoms with Crippen molar-refractivity contribution >= 4 is 17.4 Å². The molecule has 0 spiro atoms. The number of carbonyl (C=O) groups excluding carboxylic acids is 1.